The van der Waals surface area contributed by atoms with Crippen molar-refractivity contribution in [2.24, 2.45) is 5.92 Å². The topological polar surface area (TPSA) is 50.7 Å². The van der Waals surface area contributed by atoms with Crippen LogP contribution in [0.2, 0.25) is 0 Å². The molecule has 0 aromatic carbocycles. The molecule has 2 unspecified atom stereocenters. The predicted octanol–water partition coefficient (Wildman–Crippen LogP) is 0.957. The maximum Gasteiger partial charge on any atom is 0.230 e. The van der Waals surface area contributed by atoms with Gasteiger partial charge in [-0.3, -0.25) is 9.69 Å². The third-order valence-corrected chi connectivity index (χ3v) is 3.31. The van der Waals surface area contributed by atoms with Crippen LogP contribution < -0.4 is 4.90 Å². The van der Waals surface area contributed by atoms with Gasteiger partial charge in [0.15, 0.2) is 0 Å². The summed E-state index contributed by atoms with van der Waals surface area (Å²) in [7, 11) is 1.81. The van der Waals surface area contributed by atoms with Crippen LogP contribution in [0.1, 0.15) is 25.1 Å². The number of hydrogen-bond acceptors (Lipinski definition) is 3. The van der Waals surface area contributed by atoms with E-state index in [0.717, 1.165) is 31.1 Å². The minimum absolute atomic E-state index is 0.0762. The number of anilines is 1. The first-order chi connectivity index (χ1) is 7.66. The number of ether oxygens (including phenoxy) is 1. The maximum atomic E-state index is 12.0. The number of carbonyl (C=O) groups is 1. The van der Waals surface area contributed by atoms with Crippen LogP contribution in [-0.4, -0.2) is 29.3 Å². The van der Waals surface area contributed by atoms with Gasteiger partial charge in [-0.05, 0) is 6.42 Å². The predicted molar refractivity (Wildman–Crippen MR) is 58.1 cm³/mol. The van der Waals surface area contributed by atoms with E-state index >= 15 is 0 Å². The fourth-order valence-electron chi connectivity index (χ4n) is 2.12. The molecule has 2 aliphatic rings. The highest BCUT2D eigenvalue weighted by atomic mass is 16.6. The van der Waals surface area contributed by atoms with Gasteiger partial charge in [0.1, 0.15) is 11.9 Å². The van der Waals surface area contributed by atoms with E-state index in [0.29, 0.717) is 0 Å². The van der Waals surface area contributed by atoms with Crippen molar-refractivity contribution >= 4 is 11.7 Å². The van der Waals surface area contributed by atoms with Crippen LogP contribution in [0.3, 0.4) is 0 Å². The standard InChI is InChI=1S/C11H15N3O2/c1-7-3-4-14-10(13(2)11(7)15)5-8(12-14)9-6-16-9/h5,7,9H,3-4,6H2,1-2H3. The molecule has 3 heterocycles. The van der Waals surface area contributed by atoms with Gasteiger partial charge in [-0.15, -0.1) is 0 Å². The van der Waals surface area contributed by atoms with E-state index < -0.39 is 0 Å². The molecular weight excluding hydrogens is 206 g/mol. The lowest BCUT2D eigenvalue weighted by molar-refractivity contribution is -0.121. The molecule has 0 N–H and O–H groups in total. The van der Waals surface area contributed by atoms with Gasteiger partial charge in [-0.25, -0.2) is 4.68 Å². The second kappa shape index (κ2) is 3.31. The van der Waals surface area contributed by atoms with E-state index in [1.165, 1.54) is 0 Å². The highest BCUT2D eigenvalue weighted by molar-refractivity contribution is 5.93. The lowest BCUT2D eigenvalue weighted by atomic mass is 10.1. The molecule has 16 heavy (non-hydrogen) atoms. The Morgan fingerprint density at radius 1 is 1.56 bits per heavy atom. The van der Waals surface area contributed by atoms with Gasteiger partial charge in [0.25, 0.3) is 0 Å². The number of carbonyl (C=O) groups excluding carboxylic acids is 1. The Bertz CT molecular complexity index is 436. The molecule has 5 heteroatoms. The summed E-state index contributed by atoms with van der Waals surface area (Å²) in [5.74, 6) is 1.13. The van der Waals surface area contributed by atoms with Crippen molar-refractivity contribution in [3.63, 3.8) is 0 Å². The lowest BCUT2D eigenvalue weighted by Gasteiger charge is -2.16. The molecule has 0 saturated carbocycles. The minimum Gasteiger partial charge on any atom is -0.366 e. The quantitative estimate of drug-likeness (QED) is 0.664. The van der Waals surface area contributed by atoms with E-state index in [1.807, 2.05) is 24.7 Å². The number of rotatable bonds is 1. The molecule has 1 saturated heterocycles. The molecular formula is C11H15N3O2. The zero-order chi connectivity index (χ0) is 11.3. The molecule has 2 atom stereocenters. The average molecular weight is 221 g/mol. The van der Waals surface area contributed by atoms with Crippen molar-refractivity contribution in [2.45, 2.75) is 26.0 Å². The van der Waals surface area contributed by atoms with Gasteiger partial charge in [0, 0.05) is 25.6 Å². The molecule has 5 nitrogen and oxygen atoms in total. The Balaban J connectivity index is 1.98. The molecule has 1 fully saturated rings. The fourth-order valence-corrected chi connectivity index (χ4v) is 2.12. The normalized spacial score (nSPS) is 28.9. The number of amides is 1. The Morgan fingerprint density at radius 2 is 2.31 bits per heavy atom. The number of nitrogens with zero attached hydrogens (tertiary/aromatic N) is 3. The summed E-state index contributed by atoms with van der Waals surface area (Å²) in [6, 6.07) is 1.97. The number of fused-ring (bicyclic) bond motifs is 1. The summed E-state index contributed by atoms with van der Waals surface area (Å²) in [5, 5.41) is 4.49. The van der Waals surface area contributed by atoms with Gasteiger partial charge < -0.3 is 4.74 Å². The largest absolute Gasteiger partial charge is 0.366 e. The van der Waals surface area contributed by atoms with Crippen molar-refractivity contribution in [1.82, 2.24) is 9.78 Å². The van der Waals surface area contributed by atoms with Gasteiger partial charge in [-0.2, -0.15) is 5.10 Å². The molecule has 3 rings (SSSR count). The molecule has 0 radical (unpaired) electrons. The van der Waals surface area contributed by atoms with Crippen molar-refractivity contribution in [3.05, 3.63) is 11.8 Å². The second-order valence-corrected chi connectivity index (χ2v) is 4.56. The fraction of sp³-hybridized carbons (Fsp3) is 0.636. The number of aromatic nitrogens is 2. The van der Waals surface area contributed by atoms with Crippen LogP contribution in [0, 0.1) is 5.92 Å². The van der Waals surface area contributed by atoms with E-state index in [4.69, 9.17) is 4.74 Å². The molecule has 1 aromatic heterocycles. The average Bonchev–Trinajstić information content (AvgIpc) is 3.05. The summed E-state index contributed by atoms with van der Waals surface area (Å²) in [4.78, 5) is 13.7. The summed E-state index contributed by atoms with van der Waals surface area (Å²) in [6.07, 6.45) is 1.00. The van der Waals surface area contributed by atoms with E-state index in [9.17, 15) is 4.79 Å². The van der Waals surface area contributed by atoms with Crippen LogP contribution in [0.25, 0.3) is 0 Å². The van der Waals surface area contributed by atoms with Crippen molar-refractivity contribution < 1.29 is 9.53 Å². The number of aryl methyl sites for hydroxylation is 1. The highest BCUT2D eigenvalue weighted by Crippen LogP contribution is 2.32. The van der Waals surface area contributed by atoms with E-state index in [2.05, 4.69) is 5.10 Å². The molecule has 2 aliphatic heterocycles. The molecule has 0 spiro atoms. The zero-order valence-electron chi connectivity index (χ0n) is 9.51. The maximum absolute atomic E-state index is 12.0. The Labute approximate surface area is 94.0 Å². The van der Waals surface area contributed by atoms with Crippen molar-refractivity contribution in [1.29, 1.82) is 0 Å². The molecule has 0 bridgehead atoms. The zero-order valence-corrected chi connectivity index (χ0v) is 9.51. The van der Waals surface area contributed by atoms with Gasteiger partial charge >= 0.3 is 0 Å². The van der Waals surface area contributed by atoms with Gasteiger partial charge in [0.05, 0.1) is 12.3 Å². The molecule has 86 valence electrons. The van der Waals surface area contributed by atoms with Crippen LogP contribution >= 0.6 is 0 Å². The monoisotopic (exact) mass is 221 g/mol. The third kappa shape index (κ3) is 1.43. The summed E-state index contributed by atoms with van der Waals surface area (Å²) >= 11 is 0. The minimum atomic E-state index is 0.0762. The number of hydrogen-bond donors (Lipinski definition) is 0. The summed E-state index contributed by atoms with van der Waals surface area (Å²) in [5.41, 5.74) is 0.948. The Morgan fingerprint density at radius 3 is 3.00 bits per heavy atom. The first kappa shape index (κ1) is 9.84. The molecule has 1 aromatic rings. The van der Waals surface area contributed by atoms with Crippen LogP contribution in [0.4, 0.5) is 5.82 Å². The highest BCUT2D eigenvalue weighted by Gasteiger charge is 2.32. The van der Waals surface area contributed by atoms with Crippen molar-refractivity contribution in [3.8, 4) is 0 Å². The van der Waals surface area contributed by atoms with Crippen LogP contribution in [0.5, 0.6) is 0 Å². The van der Waals surface area contributed by atoms with E-state index in [1.54, 1.807) is 4.90 Å². The smallest absolute Gasteiger partial charge is 0.230 e. The first-order valence-corrected chi connectivity index (χ1v) is 5.63. The number of epoxide rings is 1. The molecule has 0 aliphatic carbocycles. The van der Waals surface area contributed by atoms with Gasteiger partial charge in [0.2, 0.25) is 5.91 Å². The third-order valence-electron chi connectivity index (χ3n) is 3.31. The van der Waals surface area contributed by atoms with Crippen LogP contribution in [0.15, 0.2) is 6.07 Å². The molecule has 1 amide bonds. The summed E-state index contributed by atoms with van der Waals surface area (Å²) in [6.45, 7) is 3.53. The second-order valence-electron chi connectivity index (χ2n) is 4.56. The van der Waals surface area contributed by atoms with E-state index in [-0.39, 0.29) is 17.9 Å². The van der Waals surface area contributed by atoms with Gasteiger partial charge in [-0.1, -0.05) is 6.92 Å². The summed E-state index contributed by atoms with van der Waals surface area (Å²) < 4.78 is 7.12. The SMILES string of the molecule is CC1CCn2nc(C3CO3)cc2N(C)C1=O. The Kier molecular flexibility index (Phi) is 2.04. The van der Waals surface area contributed by atoms with Crippen molar-refractivity contribution in [2.75, 3.05) is 18.6 Å². The van der Waals surface area contributed by atoms with Crippen LogP contribution in [-0.2, 0) is 16.1 Å². The first-order valence-electron chi connectivity index (χ1n) is 5.63. The Hall–Kier alpha value is -1.36. The lowest BCUT2D eigenvalue weighted by Crippen LogP contribution is -2.30.